The van der Waals surface area contributed by atoms with Gasteiger partial charge in [-0.15, -0.1) is 0 Å². The summed E-state index contributed by atoms with van der Waals surface area (Å²) in [4.78, 5) is 34.4. The maximum atomic E-state index is 12.5. The number of phosphoric acid groups is 1. The van der Waals surface area contributed by atoms with Gasteiger partial charge in [0.15, 0.2) is 6.10 Å². The molecule has 0 aliphatic rings. The molecule has 304 valence electrons. The number of carbonyl (C=O) groups is 2. The van der Waals surface area contributed by atoms with Gasteiger partial charge < -0.3 is 14.4 Å². The second-order valence-electron chi connectivity index (χ2n) is 14.8. The molecule has 0 spiro atoms. The molecule has 0 aliphatic carbocycles. The van der Waals surface area contributed by atoms with Gasteiger partial charge in [0.25, 0.3) is 0 Å². The van der Waals surface area contributed by atoms with Crippen molar-refractivity contribution in [3.8, 4) is 0 Å². The van der Waals surface area contributed by atoms with Gasteiger partial charge in [0.05, 0.1) is 6.61 Å². The van der Waals surface area contributed by atoms with E-state index in [9.17, 15) is 19.0 Å². The van der Waals surface area contributed by atoms with Crippen LogP contribution in [0, 0.1) is 0 Å². The predicted octanol–water partition coefficient (Wildman–Crippen LogP) is 13.5. The van der Waals surface area contributed by atoms with Gasteiger partial charge >= 0.3 is 19.8 Å². The highest BCUT2D eigenvalue weighted by Crippen LogP contribution is 2.42. The predicted molar refractivity (Wildman–Crippen MR) is 212 cm³/mol. The van der Waals surface area contributed by atoms with E-state index in [1.807, 2.05) is 0 Å². The zero-order valence-corrected chi connectivity index (χ0v) is 34.7. The molecule has 0 saturated carbocycles. The molecule has 0 saturated heterocycles. The Labute approximate surface area is 315 Å². The summed E-state index contributed by atoms with van der Waals surface area (Å²) in [6.07, 6.45) is 40.1. The first-order chi connectivity index (χ1) is 24.8. The van der Waals surface area contributed by atoms with Crippen LogP contribution < -0.4 is 0 Å². The third-order valence-electron chi connectivity index (χ3n) is 9.85. The van der Waals surface area contributed by atoms with Crippen molar-refractivity contribution in [1.29, 1.82) is 0 Å². The largest absolute Gasteiger partial charge is 0.472 e. The zero-order chi connectivity index (χ0) is 37.5. The van der Waals surface area contributed by atoms with Crippen LogP contribution in [0.4, 0.5) is 0 Å². The third-order valence-corrected chi connectivity index (χ3v) is 10.8. The van der Waals surface area contributed by atoms with Crippen LogP contribution in [0.5, 0.6) is 0 Å². The Kier molecular flexibility index (Phi) is 38.0. The summed E-state index contributed by atoms with van der Waals surface area (Å²) in [5, 5.41) is 0. The Bertz CT molecular complexity index is 808. The lowest BCUT2D eigenvalue weighted by molar-refractivity contribution is -0.161. The lowest BCUT2D eigenvalue weighted by Gasteiger charge is -2.19. The van der Waals surface area contributed by atoms with Crippen molar-refractivity contribution in [2.45, 2.75) is 238 Å². The van der Waals surface area contributed by atoms with Crippen LogP contribution in [0.25, 0.3) is 0 Å². The molecular weight excluding hydrogens is 663 g/mol. The van der Waals surface area contributed by atoms with Crippen molar-refractivity contribution in [3.05, 3.63) is 0 Å². The number of hydrogen-bond acceptors (Lipinski definition) is 7. The van der Waals surface area contributed by atoms with E-state index < -0.39 is 26.5 Å². The van der Waals surface area contributed by atoms with Crippen molar-refractivity contribution in [1.82, 2.24) is 0 Å². The topological polar surface area (TPSA) is 108 Å². The smallest absolute Gasteiger partial charge is 0.462 e. The minimum absolute atomic E-state index is 0.216. The van der Waals surface area contributed by atoms with Gasteiger partial charge in [-0.25, -0.2) is 4.57 Å². The molecule has 0 aromatic carbocycles. The Balaban J connectivity index is 3.92. The summed E-state index contributed by atoms with van der Waals surface area (Å²) in [6.45, 7) is 3.92. The van der Waals surface area contributed by atoms with E-state index in [0.717, 1.165) is 45.6 Å². The van der Waals surface area contributed by atoms with E-state index in [0.29, 0.717) is 6.42 Å². The van der Waals surface area contributed by atoms with Gasteiger partial charge in [-0.05, 0) is 12.8 Å². The van der Waals surface area contributed by atoms with Gasteiger partial charge in [-0.1, -0.05) is 206 Å². The van der Waals surface area contributed by atoms with Gasteiger partial charge in [-0.2, -0.15) is 0 Å². The van der Waals surface area contributed by atoms with Crippen LogP contribution in [-0.2, 0) is 32.7 Å². The molecule has 0 aliphatic heterocycles. The number of carbonyl (C=O) groups excluding carboxylic acids is 2. The minimum atomic E-state index is -4.25. The number of ether oxygens (including phenoxy) is 2. The van der Waals surface area contributed by atoms with Crippen molar-refractivity contribution >= 4 is 19.8 Å². The summed E-state index contributed by atoms with van der Waals surface area (Å²) >= 11 is 0. The van der Waals surface area contributed by atoms with Crippen LogP contribution in [0.15, 0.2) is 0 Å². The van der Waals surface area contributed by atoms with E-state index >= 15 is 0 Å². The van der Waals surface area contributed by atoms with Crippen LogP contribution >= 0.6 is 7.82 Å². The molecule has 0 heterocycles. The van der Waals surface area contributed by atoms with Crippen LogP contribution in [0.3, 0.4) is 0 Å². The highest BCUT2D eigenvalue weighted by atomic mass is 31.2. The maximum Gasteiger partial charge on any atom is 0.472 e. The lowest BCUT2D eigenvalue weighted by atomic mass is 10.0. The first kappa shape index (κ1) is 50.1. The first-order valence-electron chi connectivity index (χ1n) is 21.7. The van der Waals surface area contributed by atoms with Crippen molar-refractivity contribution in [2.24, 2.45) is 0 Å². The number of rotatable bonds is 41. The normalized spacial score (nSPS) is 13.3. The molecule has 0 radical (unpaired) electrons. The van der Waals surface area contributed by atoms with Crippen LogP contribution in [-0.4, -0.2) is 43.3 Å². The second-order valence-corrected chi connectivity index (χ2v) is 16.4. The van der Waals surface area contributed by atoms with Gasteiger partial charge in [0.2, 0.25) is 0 Å². The maximum absolute atomic E-state index is 12.5. The van der Waals surface area contributed by atoms with Crippen molar-refractivity contribution in [2.75, 3.05) is 20.3 Å². The fourth-order valence-corrected chi connectivity index (χ4v) is 6.94. The van der Waals surface area contributed by atoms with E-state index in [2.05, 4.69) is 18.4 Å². The Hall–Kier alpha value is -0.950. The number of hydrogen-bond donors (Lipinski definition) is 1. The monoisotopic (exact) mass is 747 g/mol. The van der Waals surface area contributed by atoms with E-state index in [4.69, 9.17) is 14.0 Å². The fraction of sp³-hybridized carbons (Fsp3) is 0.952. The molecule has 8 nitrogen and oxygen atoms in total. The molecule has 0 aromatic heterocycles. The molecule has 9 heteroatoms. The number of phosphoric ester groups is 1. The highest BCUT2D eigenvalue weighted by Gasteiger charge is 2.24. The van der Waals surface area contributed by atoms with Crippen molar-refractivity contribution in [3.63, 3.8) is 0 Å². The van der Waals surface area contributed by atoms with E-state index in [1.165, 1.54) is 167 Å². The average Bonchev–Trinajstić information content (AvgIpc) is 3.12. The van der Waals surface area contributed by atoms with E-state index in [-0.39, 0.29) is 19.0 Å². The summed E-state index contributed by atoms with van der Waals surface area (Å²) in [5.41, 5.74) is 0. The molecule has 0 fully saturated rings. The SMILES string of the molecule is CCCCCCCCCCCCCCCCCCCCCC(=O)OC(COC(=O)CCCCCCCCCCCCCCC)COP(=O)(O)OC. The zero-order valence-electron chi connectivity index (χ0n) is 33.8. The van der Waals surface area contributed by atoms with Crippen LogP contribution in [0.2, 0.25) is 0 Å². The molecule has 2 unspecified atom stereocenters. The van der Waals surface area contributed by atoms with Gasteiger partial charge in [-0.3, -0.25) is 18.6 Å². The number of unbranched alkanes of at least 4 members (excludes halogenated alkanes) is 30. The summed E-state index contributed by atoms with van der Waals surface area (Å²) in [7, 11) is -3.19. The molecule has 1 N–H and O–H groups in total. The minimum Gasteiger partial charge on any atom is -0.462 e. The molecular formula is C42H83O8P. The molecule has 0 bridgehead atoms. The lowest BCUT2D eigenvalue weighted by Crippen LogP contribution is -2.29. The molecule has 2 atom stereocenters. The summed E-state index contributed by atoms with van der Waals surface area (Å²) < 4.78 is 32.0. The van der Waals surface area contributed by atoms with E-state index in [1.54, 1.807) is 0 Å². The highest BCUT2D eigenvalue weighted by molar-refractivity contribution is 7.47. The van der Waals surface area contributed by atoms with Gasteiger partial charge in [0.1, 0.15) is 6.61 Å². The Morgan fingerprint density at radius 1 is 0.471 bits per heavy atom. The van der Waals surface area contributed by atoms with Crippen molar-refractivity contribution < 1.29 is 37.6 Å². The van der Waals surface area contributed by atoms with Crippen LogP contribution in [0.1, 0.15) is 232 Å². The molecule has 51 heavy (non-hydrogen) atoms. The summed E-state index contributed by atoms with van der Waals surface area (Å²) in [5.74, 6) is -0.787. The fourth-order valence-electron chi connectivity index (χ4n) is 6.48. The molecule has 0 rings (SSSR count). The average molecular weight is 747 g/mol. The quantitative estimate of drug-likeness (QED) is 0.0374. The molecule has 0 amide bonds. The Morgan fingerprint density at radius 2 is 0.765 bits per heavy atom. The standard InChI is InChI=1S/C42H83O8P/c1-4-6-8-10-12-14-16-18-19-20-21-22-23-25-27-29-31-33-35-37-42(44)50-40(39-49-51(45,46)47-3)38-48-41(43)36-34-32-30-28-26-24-17-15-13-11-9-7-5-2/h40H,4-39H2,1-3H3,(H,45,46). The third kappa shape index (κ3) is 38.6. The Morgan fingerprint density at radius 3 is 1.08 bits per heavy atom. The van der Waals surface area contributed by atoms with Gasteiger partial charge in [0, 0.05) is 20.0 Å². The molecule has 0 aromatic rings. The first-order valence-corrected chi connectivity index (χ1v) is 23.2. The summed E-state index contributed by atoms with van der Waals surface area (Å²) in [6, 6.07) is 0. The number of esters is 2. The second kappa shape index (κ2) is 38.8.